The summed E-state index contributed by atoms with van der Waals surface area (Å²) in [5.74, 6) is 0.0737. The van der Waals surface area contributed by atoms with Gasteiger partial charge in [0, 0.05) is 31.1 Å². The van der Waals surface area contributed by atoms with Crippen LogP contribution in [0.15, 0.2) is 11.8 Å². The second-order valence-corrected chi connectivity index (χ2v) is 1.88. The van der Waals surface area contributed by atoms with Gasteiger partial charge in [-0.05, 0) is 14.0 Å². The quantitative estimate of drug-likeness (QED) is 0.755. The first kappa shape index (κ1) is 12.8. The van der Waals surface area contributed by atoms with Gasteiger partial charge >= 0.3 is 0 Å². The van der Waals surface area contributed by atoms with Crippen LogP contribution in [0.1, 0.15) is 13.8 Å². The van der Waals surface area contributed by atoms with Gasteiger partial charge in [-0.1, -0.05) is 6.92 Å². The van der Waals surface area contributed by atoms with E-state index in [1.807, 2.05) is 14.0 Å². The molecular weight excluding hydrogens is 352 g/mol. The van der Waals surface area contributed by atoms with Gasteiger partial charge < -0.3 is 10.1 Å². The summed E-state index contributed by atoms with van der Waals surface area (Å²) in [5, 5.41) is 2.90. The smallest absolute Gasteiger partial charge is 0.0733 e. The van der Waals surface area contributed by atoms with Gasteiger partial charge in [-0.3, -0.25) is 0 Å². The van der Waals surface area contributed by atoms with Crippen LogP contribution in [0.2, 0.25) is 0 Å². The molecule has 56 valence electrons. The van der Waals surface area contributed by atoms with Crippen molar-refractivity contribution >= 4 is 5.78 Å². The zero-order valence-corrected chi connectivity index (χ0v) is 10.7. The standard InChI is InChI=1S/C7H12NO.U/c1-6(8-3)4-5-7(2)9;/h4-5,8H,1-3H3;/q-1;/b6-4-;. The number of ketones is 1. The number of carbonyl (C=O) groups excluding carboxylic acids is 1. The molecule has 1 N–H and O–H groups in total. The van der Waals surface area contributed by atoms with Crippen LogP contribution in [-0.4, -0.2) is 12.8 Å². The summed E-state index contributed by atoms with van der Waals surface area (Å²) in [4.78, 5) is 10.3. The molecule has 0 rings (SSSR count). The molecule has 2 nitrogen and oxygen atoms in total. The van der Waals surface area contributed by atoms with E-state index in [0.717, 1.165) is 5.70 Å². The summed E-state index contributed by atoms with van der Waals surface area (Å²) in [6.45, 7) is 3.43. The van der Waals surface area contributed by atoms with Crippen molar-refractivity contribution in [1.82, 2.24) is 5.32 Å². The first-order chi connectivity index (χ1) is 4.16. The Kier molecular flexibility index (Phi) is 9.25. The molecule has 0 aromatic rings. The maximum atomic E-state index is 10.3. The van der Waals surface area contributed by atoms with Crippen LogP contribution in [0.25, 0.3) is 0 Å². The van der Waals surface area contributed by atoms with Crippen molar-refractivity contribution in [3.63, 3.8) is 0 Å². The van der Waals surface area contributed by atoms with Gasteiger partial charge in [0.25, 0.3) is 0 Å². The van der Waals surface area contributed by atoms with Crippen molar-refractivity contribution < 1.29 is 35.9 Å². The minimum Gasteiger partial charge on any atom is -0.468 e. The van der Waals surface area contributed by atoms with Crippen LogP contribution in [0.3, 0.4) is 0 Å². The van der Waals surface area contributed by atoms with E-state index in [0.29, 0.717) is 0 Å². The Labute approximate surface area is 85.8 Å². The number of Topliss-reactive ketones (excluding diaryl/α,β-unsaturated/α-hetero) is 1. The molecule has 0 amide bonds. The Balaban J connectivity index is 0. The third-order valence-corrected chi connectivity index (χ3v) is 0.962. The normalized spacial score (nSPS) is 9.70. The average molecular weight is 364 g/mol. The number of allylic oxidation sites excluding steroid dienone is 2. The molecule has 0 spiro atoms. The van der Waals surface area contributed by atoms with Crippen LogP contribution in [0.4, 0.5) is 0 Å². The van der Waals surface area contributed by atoms with Crippen molar-refractivity contribution in [3.05, 3.63) is 18.2 Å². The van der Waals surface area contributed by atoms with E-state index in [1.54, 1.807) is 6.08 Å². The summed E-state index contributed by atoms with van der Waals surface area (Å²) in [5.41, 5.74) is 0.991. The maximum Gasteiger partial charge on any atom is 0.0733 e. The molecule has 10 heavy (non-hydrogen) atoms. The zero-order chi connectivity index (χ0) is 7.28. The van der Waals surface area contributed by atoms with Crippen LogP contribution in [0, 0.1) is 37.5 Å². The van der Waals surface area contributed by atoms with E-state index >= 15 is 0 Å². The van der Waals surface area contributed by atoms with Crippen LogP contribution >= 0.6 is 0 Å². The van der Waals surface area contributed by atoms with Gasteiger partial charge in [0.15, 0.2) is 0 Å². The van der Waals surface area contributed by atoms with E-state index in [1.165, 1.54) is 13.3 Å². The maximum absolute atomic E-state index is 10.3. The summed E-state index contributed by atoms with van der Waals surface area (Å²) in [6, 6.07) is 0. The third kappa shape index (κ3) is 8.13. The van der Waals surface area contributed by atoms with Crippen LogP contribution in [-0.2, 0) is 4.79 Å². The SMILES string of the molecule is CN/C(C)=C\[CH-]C(C)=O.[U]. The Bertz CT molecular complexity index is 132. The van der Waals surface area contributed by atoms with Crippen molar-refractivity contribution in [3.8, 4) is 0 Å². The fraction of sp³-hybridized carbons (Fsp3) is 0.429. The molecular formula is C7H12NOU-. The molecule has 0 aliphatic carbocycles. The van der Waals surface area contributed by atoms with Gasteiger partial charge in [0.05, 0.1) is 5.78 Å². The van der Waals surface area contributed by atoms with Crippen molar-refractivity contribution in [2.75, 3.05) is 7.05 Å². The van der Waals surface area contributed by atoms with E-state index in [2.05, 4.69) is 5.32 Å². The van der Waals surface area contributed by atoms with E-state index in [9.17, 15) is 4.79 Å². The van der Waals surface area contributed by atoms with Crippen molar-refractivity contribution in [1.29, 1.82) is 0 Å². The molecule has 0 aromatic heterocycles. The molecule has 0 aliphatic heterocycles. The van der Waals surface area contributed by atoms with Crippen LogP contribution < -0.4 is 5.32 Å². The fourth-order valence-corrected chi connectivity index (χ4v) is 0.326. The molecule has 0 saturated carbocycles. The van der Waals surface area contributed by atoms with Crippen LogP contribution in [0.5, 0.6) is 0 Å². The largest absolute Gasteiger partial charge is 0.468 e. The molecule has 0 fully saturated rings. The predicted octanol–water partition coefficient (Wildman–Crippen LogP) is 0.903. The van der Waals surface area contributed by atoms with Gasteiger partial charge in [-0.25, -0.2) is 6.08 Å². The first-order valence-corrected chi connectivity index (χ1v) is 2.86. The minimum absolute atomic E-state index is 0. The summed E-state index contributed by atoms with van der Waals surface area (Å²) in [7, 11) is 1.82. The molecule has 0 radical (unpaired) electrons. The van der Waals surface area contributed by atoms with E-state index < -0.39 is 0 Å². The molecule has 0 unspecified atom stereocenters. The predicted molar refractivity (Wildman–Crippen MR) is 37.8 cm³/mol. The van der Waals surface area contributed by atoms with Crippen molar-refractivity contribution in [2.45, 2.75) is 13.8 Å². The second kappa shape index (κ2) is 7.24. The first-order valence-electron chi connectivity index (χ1n) is 2.86. The molecule has 0 heterocycles. The number of nitrogens with one attached hydrogen (secondary N) is 1. The molecule has 3 heteroatoms. The molecule has 0 aliphatic rings. The number of carbonyl (C=O) groups is 1. The number of rotatable bonds is 3. The number of hydrogen-bond acceptors (Lipinski definition) is 2. The van der Waals surface area contributed by atoms with Gasteiger partial charge in [0.2, 0.25) is 0 Å². The zero-order valence-electron chi connectivity index (χ0n) is 6.56. The summed E-state index contributed by atoms with van der Waals surface area (Å²) >= 11 is 0. The molecule has 0 bridgehead atoms. The van der Waals surface area contributed by atoms with E-state index in [-0.39, 0.29) is 36.9 Å². The Morgan fingerprint density at radius 1 is 1.50 bits per heavy atom. The summed E-state index contributed by atoms with van der Waals surface area (Å²) < 4.78 is 0. The Morgan fingerprint density at radius 3 is 2.30 bits per heavy atom. The summed E-state index contributed by atoms with van der Waals surface area (Å²) in [6.07, 6.45) is 3.29. The van der Waals surface area contributed by atoms with Gasteiger partial charge in [-0.2, -0.15) is 6.42 Å². The molecule has 0 aromatic carbocycles. The molecule has 0 atom stereocenters. The van der Waals surface area contributed by atoms with Gasteiger partial charge in [0.1, 0.15) is 0 Å². The average Bonchev–Trinajstić information content (AvgIpc) is 1.83. The second-order valence-electron chi connectivity index (χ2n) is 1.88. The topological polar surface area (TPSA) is 29.1 Å². The Hall–Kier alpha value is 0.132. The number of hydrogen-bond donors (Lipinski definition) is 1. The monoisotopic (exact) mass is 364 g/mol. The third-order valence-electron chi connectivity index (χ3n) is 0.962. The minimum atomic E-state index is 0. The van der Waals surface area contributed by atoms with E-state index in [4.69, 9.17) is 0 Å². The molecule has 0 saturated heterocycles. The fourth-order valence-electron chi connectivity index (χ4n) is 0.326. The Morgan fingerprint density at radius 2 is 2.00 bits per heavy atom. The van der Waals surface area contributed by atoms with Gasteiger partial charge in [-0.15, -0.1) is 5.70 Å². The van der Waals surface area contributed by atoms with Crippen molar-refractivity contribution in [2.24, 2.45) is 0 Å².